The maximum absolute atomic E-state index is 11.2. The molecule has 0 unspecified atom stereocenters. The number of aromatic carboxylic acids is 1. The first-order chi connectivity index (χ1) is 8.13. The molecule has 0 bridgehead atoms. The second-order valence-corrected chi connectivity index (χ2v) is 4.01. The van der Waals surface area contributed by atoms with Crippen molar-refractivity contribution in [1.82, 2.24) is 9.78 Å². The molecule has 6 heteroatoms. The lowest BCUT2D eigenvalue weighted by Crippen LogP contribution is -2.13. The van der Waals surface area contributed by atoms with Crippen LogP contribution in [-0.4, -0.2) is 33.9 Å². The lowest BCUT2D eigenvalue weighted by Gasteiger charge is -2.13. The summed E-state index contributed by atoms with van der Waals surface area (Å²) in [7, 11) is 1.28. The van der Waals surface area contributed by atoms with Gasteiger partial charge in [0, 0.05) is 6.54 Å². The minimum Gasteiger partial charge on any atom is -0.478 e. The van der Waals surface area contributed by atoms with Crippen molar-refractivity contribution in [2.45, 2.75) is 32.2 Å². The highest BCUT2D eigenvalue weighted by Gasteiger charge is 2.26. The molecule has 0 saturated heterocycles. The standard InChI is InChI=1S/C11H14N2O4/c1-17-9(14)6-7-10(11(15)16)8-4-2-3-5-13(8)12-7/h2-6H2,1H3,(H,15,16). The van der Waals surface area contributed by atoms with Crippen molar-refractivity contribution < 1.29 is 19.4 Å². The van der Waals surface area contributed by atoms with E-state index in [1.54, 1.807) is 4.68 Å². The second-order valence-electron chi connectivity index (χ2n) is 4.01. The fourth-order valence-electron chi connectivity index (χ4n) is 2.12. The molecule has 0 fully saturated rings. The maximum atomic E-state index is 11.2. The van der Waals surface area contributed by atoms with Crippen molar-refractivity contribution in [3.8, 4) is 0 Å². The van der Waals surface area contributed by atoms with Crippen molar-refractivity contribution >= 4 is 11.9 Å². The second kappa shape index (κ2) is 4.57. The Hall–Kier alpha value is -1.85. The Labute approximate surface area is 98.2 Å². The fraction of sp³-hybridized carbons (Fsp3) is 0.545. The van der Waals surface area contributed by atoms with Crippen LogP contribution in [0.2, 0.25) is 0 Å². The van der Waals surface area contributed by atoms with Crippen LogP contribution in [0.5, 0.6) is 0 Å². The molecule has 0 aromatic carbocycles. The number of hydrogen-bond donors (Lipinski definition) is 1. The Morgan fingerprint density at radius 2 is 2.24 bits per heavy atom. The van der Waals surface area contributed by atoms with Gasteiger partial charge in [0.2, 0.25) is 0 Å². The normalized spacial score (nSPS) is 14.2. The third-order valence-electron chi connectivity index (χ3n) is 2.92. The van der Waals surface area contributed by atoms with E-state index in [4.69, 9.17) is 0 Å². The zero-order chi connectivity index (χ0) is 12.4. The Morgan fingerprint density at radius 3 is 2.88 bits per heavy atom. The molecule has 92 valence electrons. The lowest BCUT2D eigenvalue weighted by molar-refractivity contribution is -0.139. The largest absolute Gasteiger partial charge is 0.478 e. The number of carbonyl (C=O) groups is 2. The Bertz CT molecular complexity index is 464. The minimum atomic E-state index is -1.02. The van der Waals surface area contributed by atoms with E-state index < -0.39 is 11.9 Å². The number of hydrogen-bond acceptors (Lipinski definition) is 4. The predicted molar refractivity (Wildman–Crippen MR) is 57.8 cm³/mol. The van der Waals surface area contributed by atoms with E-state index in [1.165, 1.54) is 7.11 Å². The van der Waals surface area contributed by atoms with Gasteiger partial charge in [-0.2, -0.15) is 5.10 Å². The summed E-state index contributed by atoms with van der Waals surface area (Å²) in [5.74, 6) is -1.49. The van der Waals surface area contributed by atoms with E-state index >= 15 is 0 Å². The summed E-state index contributed by atoms with van der Waals surface area (Å²) in [5, 5.41) is 13.4. The molecule has 2 heterocycles. The predicted octanol–water partition coefficient (Wildman–Crippen LogP) is 0.633. The van der Waals surface area contributed by atoms with Crippen LogP contribution in [0.25, 0.3) is 0 Å². The van der Waals surface area contributed by atoms with E-state index in [2.05, 4.69) is 9.84 Å². The zero-order valence-electron chi connectivity index (χ0n) is 9.60. The van der Waals surface area contributed by atoms with Crippen molar-refractivity contribution in [2.75, 3.05) is 7.11 Å². The Kier molecular flexibility index (Phi) is 3.12. The molecule has 0 saturated carbocycles. The summed E-state index contributed by atoms with van der Waals surface area (Å²) in [5.41, 5.74) is 1.21. The lowest BCUT2D eigenvalue weighted by atomic mass is 10.0. The third-order valence-corrected chi connectivity index (χ3v) is 2.92. The summed E-state index contributed by atoms with van der Waals surface area (Å²) >= 11 is 0. The molecule has 1 aliphatic rings. The average Bonchev–Trinajstić information content (AvgIpc) is 2.66. The molecular weight excluding hydrogens is 224 g/mol. The quantitative estimate of drug-likeness (QED) is 0.781. The Balaban J connectivity index is 2.40. The van der Waals surface area contributed by atoms with Crippen LogP contribution in [0.3, 0.4) is 0 Å². The van der Waals surface area contributed by atoms with Crippen molar-refractivity contribution in [2.24, 2.45) is 0 Å². The molecule has 0 spiro atoms. The smallest absolute Gasteiger partial charge is 0.339 e. The van der Waals surface area contributed by atoms with Gasteiger partial charge in [0.05, 0.1) is 24.9 Å². The first kappa shape index (κ1) is 11.6. The molecule has 1 aliphatic heterocycles. The molecule has 2 rings (SSSR count). The van der Waals surface area contributed by atoms with Gasteiger partial charge in [-0.15, -0.1) is 0 Å². The number of nitrogens with zero attached hydrogens (tertiary/aromatic N) is 2. The van der Waals surface area contributed by atoms with Crippen molar-refractivity contribution in [3.63, 3.8) is 0 Å². The molecule has 1 N–H and O–H groups in total. The summed E-state index contributed by atoms with van der Waals surface area (Å²) in [6, 6.07) is 0. The highest BCUT2D eigenvalue weighted by atomic mass is 16.5. The molecule has 0 aliphatic carbocycles. The molecule has 1 aromatic rings. The number of fused-ring (bicyclic) bond motifs is 1. The molecule has 17 heavy (non-hydrogen) atoms. The first-order valence-corrected chi connectivity index (χ1v) is 5.52. The molecule has 0 amide bonds. The monoisotopic (exact) mass is 238 g/mol. The van der Waals surface area contributed by atoms with Crippen molar-refractivity contribution in [3.05, 3.63) is 17.0 Å². The molecule has 1 aromatic heterocycles. The number of carbonyl (C=O) groups excluding carboxylic acids is 1. The summed E-state index contributed by atoms with van der Waals surface area (Å²) in [6.07, 6.45) is 2.57. The van der Waals surface area contributed by atoms with Gasteiger partial charge in [-0.3, -0.25) is 9.48 Å². The van der Waals surface area contributed by atoms with Gasteiger partial charge in [-0.25, -0.2) is 4.79 Å². The number of aryl methyl sites for hydroxylation is 1. The van der Waals surface area contributed by atoms with Gasteiger partial charge in [-0.05, 0) is 19.3 Å². The summed E-state index contributed by atoms with van der Waals surface area (Å²) in [4.78, 5) is 22.4. The van der Waals surface area contributed by atoms with E-state index in [0.717, 1.165) is 25.1 Å². The first-order valence-electron chi connectivity index (χ1n) is 5.52. The molecule has 0 atom stereocenters. The minimum absolute atomic E-state index is 0.0852. The van der Waals surface area contributed by atoms with Crippen LogP contribution in [0, 0.1) is 0 Å². The van der Waals surface area contributed by atoms with Crippen LogP contribution >= 0.6 is 0 Å². The van der Waals surface area contributed by atoms with Gasteiger partial charge in [0.1, 0.15) is 5.56 Å². The molecule has 0 radical (unpaired) electrons. The third kappa shape index (κ3) is 2.15. The van der Waals surface area contributed by atoms with E-state index in [9.17, 15) is 14.7 Å². The SMILES string of the molecule is COC(=O)Cc1nn2c(c1C(=O)O)CCCC2. The zero-order valence-corrected chi connectivity index (χ0v) is 9.60. The highest BCUT2D eigenvalue weighted by Crippen LogP contribution is 2.22. The van der Waals surface area contributed by atoms with Gasteiger partial charge in [-0.1, -0.05) is 0 Å². The van der Waals surface area contributed by atoms with E-state index in [1.807, 2.05) is 0 Å². The van der Waals surface area contributed by atoms with Gasteiger partial charge < -0.3 is 9.84 Å². The number of methoxy groups -OCH3 is 1. The summed E-state index contributed by atoms with van der Waals surface area (Å²) in [6.45, 7) is 0.719. The van der Waals surface area contributed by atoms with Crippen molar-refractivity contribution in [1.29, 1.82) is 0 Å². The van der Waals surface area contributed by atoms with Gasteiger partial charge in [0.15, 0.2) is 0 Å². The van der Waals surface area contributed by atoms with Crippen LogP contribution in [0.1, 0.15) is 34.6 Å². The van der Waals surface area contributed by atoms with E-state index in [-0.39, 0.29) is 12.0 Å². The van der Waals surface area contributed by atoms with Gasteiger partial charge in [0.25, 0.3) is 0 Å². The summed E-state index contributed by atoms with van der Waals surface area (Å²) < 4.78 is 6.24. The van der Waals surface area contributed by atoms with Crippen LogP contribution in [0.4, 0.5) is 0 Å². The number of carboxylic acid groups (broad SMARTS) is 1. The average molecular weight is 238 g/mol. The van der Waals surface area contributed by atoms with Gasteiger partial charge >= 0.3 is 11.9 Å². The topological polar surface area (TPSA) is 81.4 Å². The number of ether oxygens (including phenoxy) is 1. The number of rotatable bonds is 3. The number of esters is 1. The highest BCUT2D eigenvalue weighted by molar-refractivity contribution is 5.91. The number of carboxylic acids is 1. The number of aromatic nitrogens is 2. The maximum Gasteiger partial charge on any atom is 0.339 e. The van der Waals surface area contributed by atoms with Crippen LogP contribution in [0.15, 0.2) is 0 Å². The van der Waals surface area contributed by atoms with Crippen LogP contribution < -0.4 is 0 Å². The Morgan fingerprint density at radius 1 is 1.47 bits per heavy atom. The molecular formula is C11H14N2O4. The molecule has 6 nitrogen and oxygen atoms in total. The van der Waals surface area contributed by atoms with Crippen LogP contribution in [-0.2, 0) is 28.9 Å². The van der Waals surface area contributed by atoms with E-state index in [0.29, 0.717) is 12.1 Å². The fourth-order valence-corrected chi connectivity index (χ4v) is 2.12.